The molecular formula is C12H14F3NO2. The summed E-state index contributed by atoms with van der Waals surface area (Å²) in [5.74, 6) is 0. The second kappa shape index (κ2) is 6.28. The van der Waals surface area contributed by atoms with E-state index in [9.17, 15) is 18.0 Å². The van der Waals surface area contributed by atoms with E-state index in [1.807, 2.05) is 5.32 Å². The Hall–Kier alpha value is -1.72. The highest BCUT2D eigenvalue weighted by Crippen LogP contribution is 2.23. The first kappa shape index (κ1) is 14.3. The largest absolute Gasteiger partial charge is 0.450 e. The van der Waals surface area contributed by atoms with Crippen LogP contribution in [0.15, 0.2) is 30.3 Å². The summed E-state index contributed by atoms with van der Waals surface area (Å²) in [6, 6.07) is 6.21. The maximum atomic E-state index is 12.7. The predicted octanol–water partition coefficient (Wildman–Crippen LogP) is 2.91. The molecule has 0 saturated heterocycles. The molecule has 1 aromatic carbocycles. The standard InChI is InChI=1S/C12H14F3NO2/c1-2-18-11(17)16-10(12(13,14)15)8-9-6-4-3-5-7-9/h3-7,10H,2,8H2,1H3,(H,16,17)/t10-/m0/s1. The number of carbonyl (C=O) groups is 1. The van der Waals surface area contributed by atoms with Gasteiger partial charge in [-0.3, -0.25) is 0 Å². The van der Waals surface area contributed by atoms with Gasteiger partial charge in [0.05, 0.1) is 6.61 Å². The van der Waals surface area contributed by atoms with Gasteiger partial charge in [-0.15, -0.1) is 0 Å². The van der Waals surface area contributed by atoms with Gasteiger partial charge in [0, 0.05) is 6.42 Å². The summed E-state index contributed by atoms with van der Waals surface area (Å²) in [5.41, 5.74) is 0.497. The predicted molar refractivity (Wildman–Crippen MR) is 60.1 cm³/mol. The lowest BCUT2D eigenvalue weighted by atomic mass is 10.1. The van der Waals surface area contributed by atoms with Crippen molar-refractivity contribution < 1.29 is 22.7 Å². The molecular weight excluding hydrogens is 247 g/mol. The zero-order valence-electron chi connectivity index (χ0n) is 9.83. The molecule has 0 spiro atoms. The lowest BCUT2D eigenvalue weighted by Crippen LogP contribution is -2.47. The molecule has 0 aliphatic heterocycles. The molecule has 0 unspecified atom stereocenters. The number of amides is 1. The lowest BCUT2D eigenvalue weighted by Gasteiger charge is -2.21. The van der Waals surface area contributed by atoms with E-state index in [1.165, 1.54) is 6.92 Å². The Morgan fingerprint density at radius 2 is 1.94 bits per heavy atom. The fraction of sp³-hybridized carbons (Fsp3) is 0.417. The van der Waals surface area contributed by atoms with Crippen LogP contribution in [0.25, 0.3) is 0 Å². The zero-order chi connectivity index (χ0) is 13.6. The SMILES string of the molecule is CCOC(=O)N[C@@H](Cc1ccccc1)C(F)(F)F. The molecule has 18 heavy (non-hydrogen) atoms. The molecule has 0 aromatic heterocycles. The number of hydrogen-bond donors (Lipinski definition) is 1. The van der Waals surface area contributed by atoms with Crippen molar-refractivity contribution in [2.24, 2.45) is 0 Å². The van der Waals surface area contributed by atoms with E-state index in [0.717, 1.165) is 0 Å². The Bertz CT molecular complexity index is 379. The molecule has 1 atom stereocenters. The van der Waals surface area contributed by atoms with Gasteiger partial charge in [0.1, 0.15) is 6.04 Å². The Kier molecular flexibility index (Phi) is 5.00. The molecule has 1 amide bonds. The number of ether oxygens (including phenoxy) is 1. The summed E-state index contributed by atoms with van der Waals surface area (Å²) in [7, 11) is 0. The minimum atomic E-state index is -4.51. The molecule has 0 fully saturated rings. The maximum Gasteiger partial charge on any atom is 0.409 e. The van der Waals surface area contributed by atoms with E-state index < -0.39 is 18.3 Å². The second-order valence-electron chi connectivity index (χ2n) is 3.65. The van der Waals surface area contributed by atoms with Crippen LogP contribution in [-0.4, -0.2) is 24.9 Å². The smallest absolute Gasteiger partial charge is 0.409 e. The molecule has 1 rings (SSSR count). The third-order valence-electron chi connectivity index (χ3n) is 2.25. The molecule has 0 heterocycles. The van der Waals surface area contributed by atoms with Gasteiger partial charge in [-0.2, -0.15) is 13.2 Å². The highest BCUT2D eigenvalue weighted by atomic mass is 19.4. The number of hydrogen-bond acceptors (Lipinski definition) is 2. The summed E-state index contributed by atoms with van der Waals surface area (Å²) < 4.78 is 42.7. The van der Waals surface area contributed by atoms with Crippen LogP contribution in [0, 0.1) is 0 Å². The first-order valence-electron chi connectivity index (χ1n) is 5.47. The number of carbonyl (C=O) groups excluding carboxylic acids is 1. The average Bonchev–Trinajstić information content (AvgIpc) is 2.28. The average molecular weight is 261 g/mol. The van der Waals surface area contributed by atoms with Crippen LogP contribution in [-0.2, 0) is 11.2 Å². The van der Waals surface area contributed by atoms with Gasteiger partial charge < -0.3 is 10.1 Å². The van der Waals surface area contributed by atoms with Crippen molar-refractivity contribution in [1.82, 2.24) is 5.32 Å². The third kappa shape index (κ3) is 4.65. The van der Waals surface area contributed by atoms with Crippen molar-refractivity contribution >= 4 is 6.09 Å². The summed E-state index contributed by atoms with van der Waals surface area (Å²) in [4.78, 5) is 11.1. The van der Waals surface area contributed by atoms with E-state index >= 15 is 0 Å². The van der Waals surface area contributed by atoms with E-state index in [1.54, 1.807) is 30.3 Å². The van der Waals surface area contributed by atoms with Crippen molar-refractivity contribution in [3.8, 4) is 0 Å². The van der Waals surface area contributed by atoms with Gasteiger partial charge in [-0.05, 0) is 12.5 Å². The Morgan fingerprint density at radius 3 is 2.44 bits per heavy atom. The van der Waals surface area contributed by atoms with Gasteiger partial charge in [0.2, 0.25) is 0 Å². The Morgan fingerprint density at radius 1 is 1.33 bits per heavy atom. The third-order valence-corrected chi connectivity index (χ3v) is 2.25. The van der Waals surface area contributed by atoms with Gasteiger partial charge >= 0.3 is 12.3 Å². The molecule has 0 saturated carbocycles. The van der Waals surface area contributed by atoms with E-state index in [2.05, 4.69) is 4.74 Å². The summed E-state index contributed by atoms with van der Waals surface area (Å²) in [5, 5.41) is 1.82. The van der Waals surface area contributed by atoms with Crippen LogP contribution in [0.5, 0.6) is 0 Å². The van der Waals surface area contributed by atoms with Crippen LogP contribution >= 0.6 is 0 Å². The highest BCUT2D eigenvalue weighted by molar-refractivity contribution is 5.67. The second-order valence-corrected chi connectivity index (χ2v) is 3.65. The van der Waals surface area contributed by atoms with Crippen molar-refractivity contribution in [1.29, 1.82) is 0 Å². The van der Waals surface area contributed by atoms with Gasteiger partial charge in [-0.1, -0.05) is 30.3 Å². The van der Waals surface area contributed by atoms with Crippen LogP contribution in [0.2, 0.25) is 0 Å². The molecule has 0 bridgehead atoms. The molecule has 0 radical (unpaired) electrons. The number of nitrogens with one attached hydrogen (secondary N) is 1. The fourth-order valence-electron chi connectivity index (χ4n) is 1.41. The molecule has 6 heteroatoms. The van der Waals surface area contributed by atoms with Crippen LogP contribution in [0.4, 0.5) is 18.0 Å². The Balaban J connectivity index is 2.71. The Labute approximate surface area is 103 Å². The van der Waals surface area contributed by atoms with Gasteiger partial charge in [0.15, 0.2) is 0 Å². The molecule has 1 aromatic rings. The van der Waals surface area contributed by atoms with Crippen molar-refractivity contribution in [3.05, 3.63) is 35.9 Å². The van der Waals surface area contributed by atoms with Crippen molar-refractivity contribution in [2.75, 3.05) is 6.61 Å². The van der Waals surface area contributed by atoms with E-state index in [0.29, 0.717) is 5.56 Å². The number of alkyl carbamates (subject to hydrolysis) is 1. The zero-order valence-corrected chi connectivity index (χ0v) is 9.83. The minimum absolute atomic E-state index is 0.0295. The quantitative estimate of drug-likeness (QED) is 0.905. The molecule has 0 aliphatic rings. The summed E-state index contributed by atoms with van der Waals surface area (Å²) in [6.45, 7) is 1.56. The lowest BCUT2D eigenvalue weighted by molar-refractivity contribution is -0.153. The topological polar surface area (TPSA) is 38.3 Å². The molecule has 100 valence electrons. The maximum absolute atomic E-state index is 12.7. The van der Waals surface area contributed by atoms with E-state index in [-0.39, 0.29) is 13.0 Å². The van der Waals surface area contributed by atoms with E-state index in [4.69, 9.17) is 0 Å². The minimum Gasteiger partial charge on any atom is -0.450 e. The van der Waals surface area contributed by atoms with Crippen LogP contribution in [0.1, 0.15) is 12.5 Å². The van der Waals surface area contributed by atoms with Crippen LogP contribution < -0.4 is 5.32 Å². The summed E-state index contributed by atoms with van der Waals surface area (Å²) >= 11 is 0. The molecule has 3 nitrogen and oxygen atoms in total. The number of alkyl halides is 3. The van der Waals surface area contributed by atoms with Crippen molar-refractivity contribution in [3.63, 3.8) is 0 Å². The number of rotatable bonds is 4. The molecule has 0 aliphatic carbocycles. The summed E-state index contributed by atoms with van der Waals surface area (Å²) in [6.07, 6.45) is -5.89. The normalized spacial score (nSPS) is 12.9. The first-order chi connectivity index (χ1) is 8.43. The molecule has 1 N–H and O–H groups in total. The highest BCUT2D eigenvalue weighted by Gasteiger charge is 2.40. The van der Waals surface area contributed by atoms with Gasteiger partial charge in [-0.25, -0.2) is 4.79 Å². The van der Waals surface area contributed by atoms with Crippen molar-refractivity contribution in [2.45, 2.75) is 25.6 Å². The fourth-order valence-corrected chi connectivity index (χ4v) is 1.41. The number of halogens is 3. The first-order valence-corrected chi connectivity index (χ1v) is 5.47. The van der Waals surface area contributed by atoms with Gasteiger partial charge in [0.25, 0.3) is 0 Å². The number of benzene rings is 1. The monoisotopic (exact) mass is 261 g/mol. The van der Waals surface area contributed by atoms with Crippen LogP contribution in [0.3, 0.4) is 0 Å².